The number of likely N-dealkylation sites (tertiary alicyclic amines) is 1. The van der Waals surface area contributed by atoms with E-state index in [1.165, 1.54) is 10.4 Å². The fourth-order valence-corrected chi connectivity index (χ4v) is 4.00. The summed E-state index contributed by atoms with van der Waals surface area (Å²) in [5.41, 5.74) is 1.27. The topological polar surface area (TPSA) is 32.8 Å². The summed E-state index contributed by atoms with van der Waals surface area (Å²) < 4.78 is 5.23. The van der Waals surface area contributed by atoms with Crippen molar-refractivity contribution in [3.05, 3.63) is 52.2 Å². The molecule has 0 spiro atoms. The van der Waals surface area contributed by atoms with Crippen LogP contribution in [0.5, 0.6) is 5.75 Å². The minimum absolute atomic E-state index is 0.184. The Balaban J connectivity index is 1.61. The fourth-order valence-electron chi connectivity index (χ4n) is 3.24. The standard InChI is InChI=1S/C19H24N2O2S/c1-20(13-17-5-4-12-24-17)19(22)14-21-11-3-6-18(21)15-7-9-16(23-2)10-8-15/h4-5,7-10,12,18H,3,6,11,13-14H2,1-2H3. The van der Waals surface area contributed by atoms with Gasteiger partial charge in [-0.25, -0.2) is 0 Å². The number of amides is 1. The van der Waals surface area contributed by atoms with Gasteiger partial charge in [-0.1, -0.05) is 18.2 Å². The normalized spacial score (nSPS) is 17.8. The van der Waals surface area contributed by atoms with Crippen LogP contribution in [0.1, 0.15) is 29.3 Å². The highest BCUT2D eigenvalue weighted by Crippen LogP contribution is 2.32. The highest BCUT2D eigenvalue weighted by atomic mass is 32.1. The molecule has 2 aromatic rings. The summed E-state index contributed by atoms with van der Waals surface area (Å²) in [6.07, 6.45) is 2.24. The van der Waals surface area contributed by atoms with Crippen LogP contribution < -0.4 is 4.74 Å². The highest BCUT2D eigenvalue weighted by molar-refractivity contribution is 7.09. The number of hydrogen-bond acceptors (Lipinski definition) is 4. The summed E-state index contributed by atoms with van der Waals surface area (Å²) in [6, 6.07) is 12.6. The minimum atomic E-state index is 0.184. The number of benzene rings is 1. The van der Waals surface area contributed by atoms with Crippen LogP contribution in [0, 0.1) is 0 Å². The molecule has 3 rings (SSSR count). The first kappa shape index (κ1) is 17.0. The molecule has 24 heavy (non-hydrogen) atoms. The zero-order valence-corrected chi connectivity index (χ0v) is 15.1. The molecule has 0 bridgehead atoms. The molecular formula is C19H24N2O2S. The molecule has 1 aromatic carbocycles. The molecule has 2 heterocycles. The number of ether oxygens (including phenoxy) is 1. The van der Waals surface area contributed by atoms with E-state index in [0.717, 1.165) is 25.1 Å². The second-order valence-electron chi connectivity index (χ2n) is 6.23. The van der Waals surface area contributed by atoms with Crippen molar-refractivity contribution in [2.24, 2.45) is 0 Å². The van der Waals surface area contributed by atoms with Crippen LogP contribution in [0.2, 0.25) is 0 Å². The van der Waals surface area contributed by atoms with Crippen molar-refractivity contribution in [3.63, 3.8) is 0 Å². The summed E-state index contributed by atoms with van der Waals surface area (Å²) in [7, 11) is 3.57. The Kier molecular flexibility index (Phi) is 5.53. The summed E-state index contributed by atoms with van der Waals surface area (Å²) in [5, 5.41) is 2.05. The second-order valence-corrected chi connectivity index (χ2v) is 7.26. The predicted molar refractivity (Wildman–Crippen MR) is 97.3 cm³/mol. The van der Waals surface area contributed by atoms with E-state index in [9.17, 15) is 4.79 Å². The van der Waals surface area contributed by atoms with E-state index in [1.54, 1.807) is 18.4 Å². The molecule has 1 fully saturated rings. The number of carbonyl (C=O) groups is 1. The van der Waals surface area contributed by atoms with Gasteiger partial charge in [0.15, 0.2) is 0 Å². The average Bonchev–Trinajstić information content (AvgIpc) is 3.27. The molecule has 1 aliphatic rings. The third-order valence-electron chi connectivity index (χ3n) is 4.60. The molecule has 1 amide bonds. The van der Waals surface area contributed by atoms with Crippen LogP contribution in [0.25, 0.3) is 0 Å². The summed E-state index contributed by atoms with van der Waals surface area (Å²) in [6.45, 7) is 2.16. The molecule has 1 aromatic heterocycles. The maximum atomic E-state index is 12.6. The van der Waals surface area contributed by atoms with Crippen molar-refractivity contribution >= 4 is 17.2 Å². The van der Waals surface area contributed by atoms with Gasteiger partial charge in [-0.3, -0.25) is 9.69 Å². The second kappa shape index (κ2) is 7.81. The predicted octanol–water partition coefficient (Wildman–Crippen LogP) is 3.55. The van der Waals surface area contributed by atoms with Crippen molar-refractivity contribution in [1.29, 1.82) is 0 Å². The average molecular weight is 344 g/mol. The molecule has 128 valence electrons. The Labute approximate surface area is 147 Å². The lowest BCUT2D eigenvalue weighted by molar-refractivity contribution is -0.131. The van der Waals surface area contributed by atoms with Crippen LogP contribution in [-0.4, -0.2) is 43.0 Å². The number of nitrogens with zero attached hydrogens (tertiary/aromatic N) is 2. The lowest BCUT2D eigenvalue weighted by atomic mass is 10.0. The maximum absolute atomic E-state index is 12.6. The number of likely N-dealkylation sites (N-methyl/N-ethyl adjacent to an activating group) is 1. The third-order valence-corrected chi connectivity index (χ3v) is 5.46. The van der Waals surface area contributed by atoms with Crippen molar-refractivity contribution in [1.82, 2.24) is 9.80 Å². The minimum Gasteiger partial charge on any atom is -0.497 e. The lowest BCUT2D eigenvalue weighted by Gasteiger charge is -2.26. The van der Waals surface area contributed by atoms with Crippen LogP contribution in [0.15, 0.2) is 41.8 Å². The van der Waals surface area contributed by atoms with Gasteiger partial charge in [-0.2, -0.15) is 0 Å². The molecule has 4 nitrogen and oxygen atoms in total. The summed E-state index contributed by atoms with van der Waals surface area (Å²) in [5.74, 6) is 1.05. The lowest BCUT2D eigenvalue weighted by Crippen LogP contribution is -2.37. The smallest absolute Gasteiger partial charge is 0.236 e. The fraction of sp³-hybridized carbons (Fsp3) is 0.421. The molecule has 1 atom stereocenters. The van der Waals surface area contributed by atoms with Gasteiger partial charge in [0, 0.05) is 18.0 Å². The molecule has 1 unspecified atom stereocenters. The number of rotatable bonds is 6. The molecule has 5 heteroatoms. The van der Waals surface area contributed by atoms with Gasteiger partial charge in [-0.15, -0.1) is 11.3 Å². The first-order valence-electron chi connectivity index (χ1n) is 8.31. The van der Waals surface area contributed by atoms with E-state index >= 15 is 0 Å². The Hall–Kier alpha value is -1.85. The number of thiophene rings is 1. The SMILES string of the molecule is COc1ccc(C2CCCN2CC(=O)N(C)Cc2cccs2)cc1. The van der Waals surface area contributed by atoms with Crippen LogP contribution in [0.4, 0.5) is 0 Å². The molecule has 1 aliphatic heterocycles. The Morgan fingerprint density at radius 1 is 1.33 bits per heavy atom. The molecule has 1 saturated heterocycles. The molecular weight excluding hydrogens is 320 g/mol. The van der Waals surface area contributed by atoms with E-state index < -0.39 is 0 Å². The van der Waals surface area contributed by atoms with Gasteiger partial charge < -0.3 is 9.64 Å². The van der Waals surface area contributed by atoms with Crippen molar-refractivity contribution in [2.45, 2.75) is 25.4 Å². The van der Waals surface area contributed by atoms with Crippen molar-refractivity contribution in [3.8, 4) is 5.75 Å². The molecule has 0 saturated carbocycles. The molecule has 0 aliphatic carbocycles. The number of hydrogen-bond donors (Lipinski definition) is 0. The van der Waals surface area contributed by atoms with Crippen molar-refractivity contribution in [2.75, 3.05) is 27.2 Å². The van der Waals surface area contributed by atoms with E-state index in [1.807, 2.05) is 35.5 Å². The summed E-state index contributed by atoms with van der Waals surface area (Å²) >= 11 is 1.69. The van der Waals surface area contributed by atoms with Crippen LogP contribution in [-0.2, 0) is 11.3 Å². The third kappa shape index (κ3) is 3.97. The van der Waals surface area contributed by atoms with E-state index in [4.69, 9.17) is 4.74 Å². The van der Waals surface area contributed by atoms with Crippen molar-refractivity contribution < 1.29 is 9.53 Å². The number of methoxy groups -OCH3 is 1. The zero-order chi connectivity index (χ0) is 16.9. The summed E-state index contributed by atoms with van der Waals surface area (Å²) in [4.78, 5) is 17.9. The Morgan fingerprint density at radius 3 is 2.79 bits per heavy atom. The van der Waals surface area contributed by atoms with Gasteiger partial charge in [0.1, 0.15) is 5.75 Å². The Bertz CT molecular complexity index is 655. The first-order chi connectivity index (χ1) is 11.7. The van der Waals surface area contributed by atoms with Gasteiger partial charge >= 0.3 is 0 Å². The largest absolute Gasteiger partial charge is 0.497 e. The highest BCUT2D eigenvalue weighted by Gasteiger charge is 2.28. The number of carbonyl (C=O) groups excluding carboxylic acids is 1. The van der Waals surface area contributed by atoms with E-state index in [-0.39, 0.29) is 5.91 Å². The van der Waals surface area contributed by atoms with Crippen LogP contribution in [0.3, 0.4) is 0 Å². The molecule has 0 radical (unpaired) electrons. The van der Waals surface area contributed by atoms with E-state index in [0.29, 0.717) is 19.1 Å². The molecule has 0 N–H and O–H groups in total. The van der Waals surface area contributed by atoms with Gasteiger partial charge in [0.05, 0.1) is 20.2 Å². The van der Waals surface area contributed by atoms with Gasteiger partial charge in [0.2, 0.25) is 5.91 Å². The zero-order valence-electron chi connectivity index (χ0n) is 14.3. The quantitative estimate of drug-likeness (QED) is 0.803. The van der Waals surface area contributed by atoms with E-state index in [2.05, 4.69) is 23.1 Å². The first-order valence-corrected chi connectivity index (χ1v) is 9.19. The van der Waals surface area contributed by atoms with Gasteiger partial charge in [-0.05, 0) is 48.5 Å². The van der Waals surface area contributed by atoms with Gasteiger partial charge in [0.25, 0.3) is 0 Å². The van der Waals surface area contributed by atoms with Crippen LogP contribution >= 0.6 is 11.3 Å². The monoisotopic (exact) mass is 344 g/mol. The maximum Gasteiger partial charge on any atom is 0.236 e. The Morgan fingerprint density at radius 2 is 2.12 bits per heavy atom.